The summed E-state index contributed by atoms with van der Waals surface area (Å²) in [6.07, 6.45) is 5.97. The summed E-state index contributed by atoms with van der Waals surface area (Å²) in [5, 5.41) is 3.87. The fourth-order valence-electron chi connectivity index (χ4n) is 3.28. The van der Waals surface area contributed by atoms with Gasteiger partial charge in [-0.2, -0.15) is 4.98 Å². The van der Waals surface area contributed by atoms with Crippen LogP contribution in [0.3, 0.4) is 0 Å². The molecule has 3 aromatic rings. The summed E-state index contributed by atoms with van der Waals surface area (Å²) in [5.74, 6) is 1.36. The highest BCUT2D eigenvalue weighted by molar-refractivity contribution is 9.10. The first-order valence-corrected chi connectivity index (χ1v) is 8.98. The molecule has 0 spiro atoms. The summed E-state index contributed by atoms with van der Waals surface area (Å²) in [5.41, 5.74) is 6.29. The van der Waals surface area contributed by atoms with Crippen LogP contribution in [0.4, 0.5) is 17.6 Å². The third-order valence-electron chi connectivity index (χ3n) is 4.43. The molecule has 0 saturated heterocycles. The normalized spacial score (nSPS) is 14.9. The van der Waals surface area contributed by atoms with Crippen molar-refractivity contribution in [1.29, 1.82) is 0 Å². The van der Waals surface area contributed by atoms with Crippen LogP contribution in [0.15, 0.2) is 39.7 Å². The van der Waals surface area contributed by atoms with Crippen molar-refractivity contribution < 1.29 is 0 Å². The van der Waals surface area contributed by atoms with Gasteiger partial charge in [0.15, 0.2) is 0 Å². The van der Waals surface area contributed by atoms with Crippen molar-refractivity contribution in [3.8, 4) is 0 Å². The van der Waals surface area contributed by atoms with Crippen molar-refractivity contribution in [3.63, 3.8) is 0 Å². The molecule has 3 aromatic heterocycles. The monoisotopic (exact) mass is 400 g/mol. The zero-order valence-electron chi connectivity index (χ0n) is 13.4. The molecule has 7 nitrogen and oxygen atoms in total. The second-order valence-electron chi connectivity index (χ2n) is 6.15. The highest BCUT2D eigenvalue weighted by Gasteiger charge is 2.22. The molecule has 3 heterocycles. The van der Waals surface area contributed by atoms with Crippen LogP contribution in [0.1, 0.15) is 31.7 Å². The average Bonchev–Trinajstić information content (AvgIpc) is 3.10. The lowest BCUT2D eigenvalue weighted by Crippen LogP contribution is -2.25. The first-order chi connectivity index (χ1) is 12.1. The molecule has 0 bridgehead atoms. The van der Waals surface area contributed by atoms with Crippen LogP contribution in [-0.2, 0) is 0 Å². The zero-order chi connectivity index (χ0) is 17.4. The first-order valence-electron chi connectivity index (χ1n) is 8.19. The molecule has 0 aliphatic heterocycles. The lowest BCUT2D eigenvalue weighted by atomic mass is 10.2. The smallest absolute Gasteiger partial charge is 0.266 e. The molecule has 128 valence electrons. The standard InChI is InChI=1S/C17H17BrN6O/c18-12-8-10-9-20-17(22-14-7-3-6-13(19)21-14)23-15(10)24(16(12)25)11-4-1-2-5-11/h3,6-9,11H,1-2,4-5H2,(H3,19,20,21,22,23). The molecular formula is C17H17BrN6O. The van der Waals surface area contributed by atoms with E-state index < -0.39 is 0 Å². The van der Waals surface area contributed by atoms with E-state index in [1.165, 1.54) is 0 Å². The lowest BCUT2D eigenvalue weighted by Gasteiger charge is -2.17. The number of hydrogen-bond donors (Lipinski definition) is 2. The summed E-state index contributed by atoms with van der Waals surface area (Å²) in [4.78, 5) is 25.8. The van der Waals surface area contributed by atoms with E-state index >= 15 is 0 Å². The van der Waals surface area contributed by atoms with Crippen molar-refractivity contribution in [1.82, 2.24) is 19.5 Å². The number of halogens is 1. The number of nitrogens with two attached hydrogens (primary N) is 1. The van der Waals surface area contributed by atoms with E-state index in [1.54, 1.807) is 35.0 Å². The van der Waals surface area contributed by atoms with E-state index in [2.05, 4.69) is 36.2 Å². The number of hydrogen-bond acceptors (Lipinski definition) is 6. The molecule has 1 aliphatic rings. The van der Waals surface area contributed by atoms with Crippen molar-refractivity contribution in [3.05, 3.63) is 45.3 Å². The first kappa shape index (κ1) is 16.0. The Morgan fingerprint density at radius 2 is 2.04 bits per heavy atom. The number of fused-ring (bicyclic) bond motifs is 1. The molecular weight excluding hydrogens is 384 g/mol. The minimum atomic E-state index is -0.0499. The molecule has 3 N–H and O–H groups in total. The zero-order valence-corrected chi connectivity index (χ0v) is 15.0. The van der Waals surface area contributed by atoms with Crippen LogP contribution in [0.25, 0.3) is 11.0 Å². The molecule has 1 aliphatic carbocycles. The van der Waals surface area contributed by atoms with Crippen molar-refractivity contribution in [2.24, 2.45) is 0 Å². The van der Waals surface area contributed by atoms with Gasteiger partial charge in [-0.3, -0.25) is 9.36 Å². The van der Waals surface area contributed by atoms with Crippen molar-refractivity contribution in [2.75, 3.05) is 11.1 Å². The number of rotatable bonds is 3. The van der Waals surface area contributed by atoms with Gasteiger partial charge < -0.3 is 11.1 Å². The molecule has 0 unspecified atom stereocenters. The third-order valence-corrected chi connectivity index (χ3v) is 5.00. The molecule has 0 atom stereocenters. The SMILES string of the molecule is Nc1cccc(Nc2ncc3cc(Br)c(=O)n(C4CCCC4)c3n2)n1. The van der Waals surface area contributed by atoms with Crippen molar-refractivity contribution in [2.45, 2.75) is 31.7 Å². The van der Waals surface area contributed by atoms with E-state index in [-0.39, 0.29) is 11.6 Å². The molecule has 1 saturated carbocycles. The lowest BCUT2D eigenvalue weighted by molar-refractivity contribution is 0.514. The predicted molar refractivity (Wildman–Crippen MR) is 101 cm³/mol. The Morgan fingerprint density at radius 3 is 2.80 bits per heavy atom. The number of anilines is 3. The highest BCUT2D eigenvalue weighted by Crippen LogP contribution is 2.31. The maximum absolute atomic E-state index is 12.7. The van der Waals surface area contributed by atoms with Gasteiger partial charge in [-0.05, 0) is 47.0 Å². The Balaban J connectivity index is 1.82. The third kappa shape index (κ3) is 3.09. The fraction of sp³-hybridized carbons (Fsp3) is 0.294. The number of nitrogen functional groups attached to an aromatic ring is 1. The van der Waals surface area contributed by atoms with Gasteiger partial charge in [0.1, 0.15) is 17.3 Å². The molecule has 25 heavy (non-hydrogen) atoms. The van der Waals surface area contributed by atoms with E-state index in [9.17, 15) is 4.79 Å². The minimum Gasteiger partial charge on any atom is -0.384 e. The maximum atomic E-state index is 12.7. The average molecular weight is 401 g/mol. The summed E-state index contributed by atoms with van der Waals surface area (Å²) in [7, 11) is 0. The van der Waals surface area contributed by atoms with Gasteiger partial charge in [0, 0.05) is 17.6 Å². The highest BCUT2D eigenvalue weighted by atomic mass is 79.9. The largest absolute Gasteiger partial charge is 0.384 e. The molecule has 1 fully saturated rings. The van der Waals surface area contributed by atoms with E-state index in [0.29, 0.717) is 27.7 Å². The summed E-state index contributed by atoms with van der Waals surface area (Å²) < 4.78 is 2.33. The predicted octanol–water partition coefficient (Wildman–Crippen LogP) is 3.39. The Morgan fingerprint density at radius 1 is 1.24 bits per heavy atom. The summed E-state index contributed by atoms with van der Waals surface area (Å²) >= 11 is 3.37. The number of pyridine rings is 2. The second-order valence-corrected chi connectivity index (χ2v) is 7.01. The van der Waals surface area contributed by atoms with Gasteiger partial charge in [0.25, 0.3) is 5.56 Å². The van der Waals surface area contributed by atoms with Gasteiger partial charge in [0.05, 0.1) is 4.47 Å². The Bertz CT molecular complexity index is 996. The van der Waals surface area contributed by atoms with E-state index in [0.717, 1.165) is 31.1 Å². The number of nitrogens with zero attached hydrogens (tertiary/aromatic N) is 4. The van der Waals surface area contributed by atoms with Crippen molar-refractivity contribution >= 4 is 44.5 Å². The fourth-order valence-corrected chi connectivity index (χ4v) is 3.72. The maximum Gasteiger partial charge on any atom is 0.266 e. The second kappa shape index (κ2) is 6.44. The van der Waals surface area contributed by atoms with Crippen LogP contribution in [-0.4, -0.2) is 19.5 Å². The Kier molecular flexibility index (Phi) is 4.12. The number of nitrogens with one attached hydrogen (secondary N) is 1. The Hall–Kier alpha value is -2.48. The molecule has 0 aromatic carbocycles. The molecule has 0 radical (unpaired) electrons. The van der Waals surface area contributed by atoms with Gasteiger partial charge in [-0.15, -0.1) is 0 Å². The van der Waals surface area contributed by atoms with Crippen LogP contribution in [0.2, 0.25) is 0 Å². The molecule has 4 rings (SSSR count). The van der Waals surface area contributed by atoms with Gasteiger partial charge in [-0.25, -0.2) is 9.97 Å². The van der Waals surface area contributed by atoms with Crippen LogP contribution >= 0.6 is 15.9 Å². The molecule has 0 amide bonds. The van der Waals surface area contributed by atoms with Gasteiger partial charge in [-0.1, -0.05) is 18.9 Å². The minimum absolute atomic E-state index is 0.0499. The van der Waals surface area contributed by atoms with Crippen LogP contribution in [0, 0.1) is 0 Å². The van der Waals surface area contributed by atoms with E-state index in [4.69, 9.17) is 5.73 Å². The van der Waals surface area contributed by atoms with E-state index in [1.807, 2.05) is 0 Å². The topological polar surface area (TPSA) is 98.7 Å². The quantitative estimate of drug-likeness (QED) is 0.698. The summed E-state index contributed by atoms with van der Waals surface area (Å²) in [6.45, 7) is 0. The van der Waals surface area contributed by atoms with Gasteiger partial charge in [0.2, 0.25) is 5.95 Å². The van der Waals surface area contributed by atoms with Crippen LogP contribution < -0.4 is 16.6 Å². The Labute approximate surface area is 152 Å². The van der Waals surface area contributed by atoms with Gasteiger partial charge >= 0.3 is 0 Å². The summed E-state index contributed by atoms with van der Waals surface area (Å²) in [6, 6.07) is 7.25. The molecule has 8 heteroatoms. The number of aromatic nitrogens is 4. The van der Waals surface area contributed by atoms with Crippen LogP contribution in [0.5, 0.6) is 0 Å².